The summed E-state index contributed by atoms with van der Waals surface area (Å²) in [7, 11) is -9.97. The van der Waals surface area contributed by atoms with Crippen molar-refractivity contribution in [1.29, 1.82) is 0 Å². The largest absolute Gasteiger partial charge is 0.472 e. The Balaban J connectivity index is 5.39. The van der Waals surface area contributed by atoms with Gasteiger partial charge in [0.1, 0.15) is 19.3 Å². The maximum atomic E-state index is 13.1. The van der Waals surface area contributed by atoms with Crippen LogP contribution in [0, 0.1) is 0 Å². The van der Waals surface area contributed by atoms with Crippen molar-refractivity contribution in [3.8, 4) is 0 Å². The second-order valence-electron chi connectivity index (χ2n) is 25.5. The smallest absolute Gasteiger partial charge is 0.462 e. The SMILES string of the molecule is CC/C=C\C/C=C\C/C=C\C/C=C\C/C=C\CCCCCC(=O)OCC(COP(=O)(O)OCC(O)COP(=O)(O)OCC(COC(=O)CCCCCCC/C=C\CCCCCC)OC(=O)CCCCCCCCCCCCC)OC(=O)CCCCCC/C=C\C/C=C\C/C=C\C/C=C\CC. The van der Waals surface area contributed by atoms with Gasteiger partial charge in [-0.3, -0.25) is 37.3 Å². The van der Waals surface area contributed by atoms with Crippen LogP contribution in [0.1, 0.15) is 310 Å². The van der Waals surface area contributed by atoms with Crippen molar-refractivity contribution in [1.82, 2.24) is 0 Å². The van der Waals surface area contributed by atoms with Crippen LogP contribution in [0.25, 0.3) is 0 Å². The molecule has 0 aliphatic heterocycles. The van der Waals surface area contributed by atoms with Gasteiger partial charge in [-0.05, 0) is 135 Å². The number of hydrogen-bond donors (Lipinski definition) is 3. The Labute approximate surface area is 606 Å². The third kappa shape index (κ3) is 71.8. The van der Waals surface area contributed by atoms with E-state index in [1.807, 2.05) is 0 Å². The van der Waals surface area contributed by atoms with E-state index in [1.54, 1.807) is 0 Å². The predicted octanol–water partition coefficient (Wildman–Crippen LogP) is 22.3. The molecule has 0 radical (unpaired) electrons. The highest BCUT2D eigenvalue weighted by Gasteiger charge is 2.30. The molecule has 0 amide bonds. The van der Waals surface area contributed by atoms with E-state index in [2.05, 4.69) is 149 Å². The number of hydrogen-bond acceptors (Lipinski definition) is 15. The maximum Gasteiger partial charge on any atom is 0.472 e. The van der Waals surface area contributed by atoms with Crippen LogP contribution in [0.2, 0.25) is 0 Å². The minimum absolute atomic E-state index is 0.0567. The fourth-order valence-corrected chi connectivity index (χ4v) is 11.6. The quantitative estimate of drug-likeness (QED) is 0.0169. The lowest BCUT2D eigenvalue weighted by atomic mass is 10.1. The van der Waals surface area contributed by atoms with Gasteiger partial charge in [-0.25, -0.2) is 9.13 Å². The summed E-state index contributed by atoms with van der Waals surface area (Å²) in [5, 5.41) is 10.6. The number of ether oxygens (including phenoxy) is 4. The van der Waals surface area contributed by atoms with E-state index in [0.717, 1.165) is 167 Å². The van der Waals surface area contributed by atoms with Crippen molar-refractivity contribution in [2.75, 3.05) is 39.6 Å². The lowest BCUT2D eigenvalue weighted by Gasteiger charge is -2.21. The topological polar surface area (TPSA) is 237 Å². The minimum Gasteiger partial charge on any atom is -0.462 e. The molecule has 574 valence electrons. The molecule has 0 saturated carbocycles. The van der Waals surface area contributed by atoms with Gasteiger partial charge in [0.25, 0.3) is 0 Å². The lowest BCUT2D eigenvalue weighted by molar-refractivity contribution is -0.161. The van der Waals surface area contributed by atoms with Crippen LogP contribution < -0.4 is 0 Å². The Morgan fingerprint density at radius 2 is 0.520 bits per heavy atom. The summed E-state index contributed by atoms with van der Waals surface area (Å²) in [6, 6.07) is 0. The Morgan fingerprint density at radius 1 is 0.290 bits per heavy atom. The highest BCUT2D eigenvalue weighted by atomic mass is 31.2. The number of esters is 4. The first-order chi connectivity index (χ1) is 48.7. The van der Waals surface area contributed by atoms with E-state index in [1.165, 1.54) is 64.2 Å². The molecule has 0 aromatic carbocycles. The third-order valence-corrected chi connectivity index (χ3v) is 17.8. The standard InChI is InChI=1S/C81H138O17P2/c1-5-9-13-17-21-25-29-32-34-36-37-39-40-43-47-50-54-58-62-66-79(84)92-72-77(98-81(86)68-64-60-56-52-48-44-41-38-35-33-30-26-22-18-14-10-6-2)74-96-100(89,90)94-70-75(82)69-93-99(87,88)95-73-76(97-80(85)67-63-59-55-51-45-28-24-20-16-12-8-4)71-91-78(83)65-61-57-53-49-46-42-31-27-23-19-15-11-7-3/h9-10,13-14,21-22,25-27,31-35,37,39,41,43-44,47,75-77,82H,5-8,11-12,15-20,23-24,28-30,36,38,40,42,45-46,48-74H2,1-4H3,(H,87,88)(H,89,90)/b13-9-,14-10-,25-21-,26-22-,31-27-,34-32-,35-33-,39-37-,44-41-,47-43-. The summed E-state index contributed by atoms with van der Waals surface area (Å²) in [6.07, 6.45) is 79.0. The van der Waals surface area contributed by atoms with E-state index >= 15 is 0 Å². The van der Waals surface area contributed by atoms with Gasteiger partial charge in [-0.2, -0.15) is 0 Å². The monoisotopic (exact) mass is 1440 g/mol. The van der Waals surface area contributed by atoms with Gasteiger partial charge in [-0.1, -0.05) is 271 Å². The fraction of sp³-hybridized carbons (Fsp3) is 0.704. The number of carbonyl (C=O) groups excluding carboxylic acids is 4. The molecule has 0 aliphatic carbocycles. The molecular weight excluding hydrogens is 1310 g/mol. The molecule has 17 nitrogen and oxygen atoms in total. The molecule has 5 atom stereocenters. The third-order valence-electron chi connectivity index (χ3n) is 15.9. The second kappa shape index (κ2) is 72.8. The summed E-state index contributed by atoms with van der Waals surface area (Å²) in [5.41, 5.74) is 0. The van der Waals surface area contributed by atoms with Crippen molar-refractivity contribution < 1.29 is 80.2 Å². The molecule has 0 fully saturated rings. The first-order valence-corrected chi connectivity index (χ1v) is 41.8. The van der Waals surface area contributed by atoms with Gasteiger partial charge in [0.2, 0.25) is 0 Å². The van der Waals surface area contributed by atoms with Gasteiger partial charge >= 0.3 is 39.5 Å². The molecule has 0 aromatic rings. The van der Waals surface area contributed by atoms with Crippen LogP contribution in [-0.2, 0) is 65.4 Å². The number of phosphoric ester groups is 2. The molecule has 3 N–H and O–H groups in total. The molecule has 100 heavy (non-hydrogen) atoms. The Hall–Kier alpha value is -4.54. The zero-order chi connectivity index (χ0) is 73.2. The molecule has 0 bridgehead atoms. The van der Waals surface area contributed by atoms with Crippen molar-refractivity contribution in [2.45, 2.75) is 329 Å². The number of rotatable bonds is 72. The highest BCUT2D eigenvalue weighted by Crippen LogP contribution is 2.45. The fourth-order valence-electron chi connectivity index (χ4n) is 10.1. The van der Waals surface area contributed by atoms with Crippen LogP contribution in [0.5, 0.6) is 0 Å². The van der Waals surface area contributed by atoms with Crippen LogP contribution in [0.3, 0.4) is 0 Å². The lowest BCUT2D eigenvalue weighted by Crippen LogP contribution is -2.30. The molecular formula is C81H138O17P2. The van der Waals surface area contributed by atoms with Gasteiger partial charge in [0, 0.05) is 25.7 Å². The molecule has 0 rings (SSSR count). The van der Waals surface area contributed by atoms with Crippen LogP contribution in [-0.4, -0.2) is 96.7 Å². The maximum absolute atomic E-state index is 13.1. The van der Waals surface area contributed by atoms with Crippen molar-refractivity contribution in [3.05, 3.63) is 122 Å². The van der Waals surface area contributed by atoms with E-state index in [0.29, 0.717) is 25.7 Å². The van der Waals surface area contributed by atoms with Crippen molar-refractivity contribution in [2.24, 2.45) is 0 Å². The molecule has 0 saturated heterocycles. The Bertz CT molecular complexity index is 2370. The number of allylic oxidation sites excluding steroid dienone is 20. The number of unbranched alkanes of at least 4 members (excludes halogenated alkanes) is 26. The van der Waals surface area contributed by atoms with Gasteiger partial charge in [0.15, 0.2) is 12.2 Å². The number of carbonyl (C=O) groups is 4. The molecule has 0 aromatic heterocycles. The van der Waals surface area contributed by atoms with Gasteiger partial charge < -0.3 is 33.8 Å². The van der Waals surface area contributed by atoms with Crippen molar-refractivity contribution in [3.63, 3.8) is 0 Å². The first kappa shape index (κ1) is 95.5. The van der Waals surface area contributed by atoms with Crippen LogP contribution in [0.15, 0.2) is 122 Å². The molecule has 0 heterocycles. The zero-order valence-corrected chi connectivity index (χ0v) is 64.4. The van der Waals surface area contributed by atoms with E-state index in [9.17, 15) is 43.2 Å². The number of phosphoric acid groups is 2. The van der Waals surface area contributed by atoms with Crippen LogP contribution >= 0.6 is 15.6 Å². The molecule has 19 heteroatoms. The van der Waals surface area contributed by atoms with Gasteiger partial charge in [0.05, 0.1) is 26.4 Å². The van der Waals surface area contributed by atoms with E-state index in [4.69, 9.17) is 37.0 Å². The van der Waals surface area contributed by atoms with Gasteiger partial charge in [-0.15, -0.1) is 0 Å². The Kier molecular flexibility index (Phi) is 69.5. The average Bonchev–Trinajstić information content (AvgIpc) is 0.930. The number of aliphatic hydroxyl groups excluding tert-OH is 1. The average molecular weight is 1450 g/mol. The van der Waals surface area contributed by atoms with E-state index < -0.39 is 97.5 Å². The molecule has 0 spiro atoms. The first-order valence-electron chi connectivity index (χ1n) is 38.8. The summed E-state index contributed by atoms with van der Waals surface area (Å²) in [5.74, 6) is -2.24. The zero-order valence-electron chi connectivity index (χ0n) is 62.6. The summed E-state index contributed by atoms with van der Waals surface area (Å²) >= 11 is 0. The minimum atomic E-state index is -4.99. The molecule has 5 unspecified atom stereocenters. The summed E-state index contributed by atoms with van der Waals surface area (Å²) in [4.78, 5) is 72.9. The van der Waals surface area contributed by atoms with Crippen molar-refractivity contribution >= 4 is 39.5 Å². The predicted molar refractivity (Wildman–Crippen MR) is 408 cm³/mol. The summed E-state index contributed by atoms with van der Waals surface area (Å²) < 4.78 is 68.4. The Morgan fingerprint density at radius 3 is 0.830 bits per heavy atom. The van der Waals surface area contributed by atoms with Crippen LogP contribution in [0.4, 0.5) is 0 Å². The second-order valence-corrected chi connectivity index (χ2v) is 28.4. The summed E-state index contributed by atoms with van der Waals surface area (Å²) in [6.45, 7) is 4.56. The number of aliphatic hydroxyl groups is 1. The normalized spacial score (nSPS) is 14.6. The molecule has 0 aliphatic rings. The van der Waals surface area contributed by atoms with E-state index in [-0.39, 0.29) is 25.7 Å². The highest BCUT2D eigenvalue weighted by molar-refractivity contribution is 7.47.